The van der Waals surface area contributed by atoms with E-state index in [1.165, 1.54) is 12.1 Å². The van der Waals surface area contributed by atoms with Gasteiger partial charge >= 0.3 is 0 Å². The molecule has 1 aromatic rings. The number of alkyl halides is 1. The van der Waals surface area contributed by atoms with Gasteiger partial charge in [0.1, 0.15) is 5.82 Å². The summed E-state index contributed by atoms with van der Waals surface area (Å²) >= 11 is 15.0. The molecule has 14 heavy (non-hydrogen) atoms. The molecule has 0 amide bonds. The zero-order valence-electron chi connectivity index (χ0n) is 7.82. The lowest BCUT2D eigenvalue weighted by Crippen LogP contribution is -2.05. The molecule has 0 heterocycles. The highest BCUT2D eigenvalue weighted by Gasteiger charge is 2.16. The molecular weight excluding hydrogens is 290 g/mol. The van der Waals surface area contributed by atoms with Crippen LogP contribution in [0.2, 0.25) is 10.0 Å². The van der Waals surface area contributed by atoms with Crippen molar-refractivity contribution < 1.29 is 4.39 Å². The van der Waals surface area contributed by atoms with Gasteiger partial charge in [-0.3, -0.25) is 0 Å². The molecular formula is C10H10BrCl2F. The third-order valence-electron chi connectivity index (χ3n) is 2.22. The quantitative estimate of drug-likeness (QED) is 0.531. The summed E-state index contributed by atoms with van der Waals surface area (Å²) in [4.78, 5) is 0.237. The van der Waals surface area contributed by atoms with Gasteiger partial charge < -0.3 is 0 Å². The summed E-state index contributed by atoms with van der Waals surface area (Å²) < 4.78 is 13.2. The highest BCUT2D eigenvalue weighted by Crippen LogP contribution is 2.33. The first-order chi connectivity index (χ1) is 6.43. The van der Waals surface area contributed by atoms with E-state index in [1.807, 2.05) is 13.8 Å². The lowest BCUT2D eigenvalue weighted by atomic mass is 9.98. The first-order valence-electron chi connectivity index (χ1n) is 4.22. The second-order valence-electron chi connectivity index (χ2n) is 3.25. The van der Waals surface area contributed by atoms with Crippen LogP contribution in [0.3, 0.4) is 0 Å². The van der Waals surface area contributed by atoms with Crippen LogP contribution in [0.5, 0.6) is 0 Å². The summed E-state index contributed by atoms with van der Waals surface area (Å²) in [5, 5.41) is 0.573. The van der Waals surface area contributed by atoms with E-state index < -0.39 is 5.82 Å². The van der Waals surface area contributed by atoms with Crippen LogP contribution in [0.4, 0.5) is 4.39 Å². The molecule has 0 bridgehead atoms. The van der Waals surface area contributed by atoms with Crippen LogP contribution in [-0.4, -0.2) is 4.83 Å². The van der Waals surface area contributed by atoms with Crippen LogP contribution in [0.15, 0.2) is 12.1 Å². The summed E-state index contributed by atoms with van der Waals surface area (Å²) in [6.07, 6.45) is 0. The average Bonchev–Trinajstić information content (AvgIpc) is 2.10. The Labute approximate surface area is 102 Å². The Kier molecular flexibility index (Phi) is 4.23. The lowest BCUT2D eigenvalue weighted by Gasteiger charge is -2.16. The van der Waals surface area contributed by atoms with E-state index in [9.17, 15) is 4.39 Å². The largest absolute Gasteiger partial charge is 0.205 e. The van der Waals surface area contributed by atoms with Gasteiger partial charge in [-0.05, 0) is 23.6 Å². The maximum atomic E-state index is 13.2. The smallest absolute Gasteiger partial charge is 0.142 e. The minimum absolute atomic E-state index is 0.0631. The zero-order valence-corrected chi connectivity index (χ0v) is 10.9. The third-order valence-corrected chi connectivity index (χ3v) is 3.63. The molecule has 0 saturated heterocycles. The Bertz CT molecular complexity index is 339. The molecule has 0 saturated carbocycles. The first kappa shape index (κ1) is 12.3. The van der Waals surface area contributed by atoms with Crippen LogP contribution in [0.1, 0.15) is 25.3 Å². The van der Waals surface area contributed by atoms with Gasteiger partial charge in [0, 0.05) is 9.85 Å². The Morgan fingerprint density at radius 3 is 2.29 bits per heavy atom. The van der Waals surface area contributed by atoms with E-state index >= 15 is 0 Å². The van der Waals surface area contributed by atoms with E-state index in [2.05, 4.69) is 15.9 Å². The van der Waals surface area contributed by atoms with E-state index in [-0.39, 0.29) is 15.8 Å². The second-order valence-corrected chi connectivity index (χ2v) is 5.51. The SMILES string of the molecule is CC(Br)C(C)c1cc(F)c(Cl)cc1Cl. The van der Waals surface area contributed by atoms with Gasteiger partial charge in [0.15, 0.2) is 0 Å². The predicted octanol–water partition coefficient (Wildman–Crippen LogP) is 5.02. The first-order valence-corrected chi connectivity index (χ1v) is 5.89. The number of halogens is 4. The van der Waals surface area contributed by atoms with Crippen molar-refractivity contribution in [3.63, 3.8) is 0 Å². The molecule has 0 aromatic heterocycles. The predicted molar refractivity (Wildman–Crippen MR) is 63.2 cm³/mol. The van der Waals surface area contributed by atoms with Gasteiger partial charge in [0.2, 0.25) is 0 Å². The van der Waals surface area contributed by atoms with Gasteiger partial charge in [-0.25, -0.2) is 4.39 Å². The van der Waals surface area contributed by atoms with E-state index in [0.29, 0.717) is 5.02 Å². The van der Waals surface area contributed by atoms with Crippen LogP contribution >= 0.6 is 39.1 Å². The van der Waals surface area contributed by atoms with Crippen molar-refractivity contribution in [1.29, 1.82) is 0 Å². The van der Waals surface area contributed by atoms with Crippen LogP contribution in [0.25, 0.3) is 0 Å². The van der Waals surface area contributed by atoms with Gasteiger partial charge in [-0.1, -0.05) is 53.0 Å². The van der Waals surface area contributed by atoms with Crippen LogP contribution < -0.4 is 0 Å². The standard InChI is InChI=1S/C10H10BrCl2F/c1-5(6(2)11)7-3-10(14)9(13)4-8(7)12/h3-6H,1-2H3. The fourth-order valence-corrected chi connectivity index (χ4v) is 1.97. The summed E-state index contributed by atoms with van der Waals surface area (Å²) in [7, 11) is 0. The summed E-state index contributed by atoms with van der Waals surface area (Å²) in [5.74, 6) is -0.277. The topological polar surface area (TPSA) is 0 Å². The Morgan fingerprint density at radius 2 is 1.79 bits per heavy atom. The molecule has 0 nitrogen and oxygen atoms in total. The zero-order chi connectivity index (χ0) is 10.9. The normalized spacial score (nSPS) is 15.3. The maximum Gasteiger partial charge on any atom is 0.142 e. The summed E-state index contributed by atoms with van der Waals surface area (Å²) in [5.41, 5.74) is 0.776. The van der Waals surface area contributed by atoms with Gasteiger partial charge in [-0.15, -0.1) is 0 Å². The summed E-state index contributed by atoms with van der Waals surface area (Å²) in [6, 6.07) is 2.84. The molecule has 0 spiro atoms. The number of rotatable bonds is 2. The molecule has 0 N–H and O–H groups in total. The van der Waals surface area contributed by atoms with Crippen molar-refractivity contribution in [2.24, 2.45) is 0 Å². The fraction of sp³-hybridized carbons (Fsp3) is 0.400. The van der Waals surface area contributed by atoms with Crippen molar-refractivity contribution in [3.05, 3.63) is 33.6 Å². The molecule has 0 fully saturated rings. The average molecular weight is 300 g/mol. The highest BCUT2D eigenvalue weighted by molar-refractivity contribution is 9.09. The molecule has 4 heteroatoms. The number of hydrogen-bond donors (Lipinski definition) is 0. The highest BCUT2D eigenvalue weighted by atomic mass is 79.9. The van der Waals surface area contributed by atoms with Crippen LogP contribution in [-0.2, 0) is 0 Å². The molecule has 2 atom stereocenters. The number of benzene rings is 1. The van der Waals surface area contributed by atoms with Crippen molar-refractivity contribution in [3.8, 4) is 0 Å². The van der Waals surface area contributed by atoms with Crippen molar-refractivity contribution in [2.75, 3.05) is 0 Å². The van der Waals surface area contributed by atoms with Gasteiger partial charge in [0.25, 0.3) is 0 Å². The van der Waals surface area contributed by atoms with E-state index in [1.54, 1.807) is 0 Å². The molecule has 2 unspecified atom stereocenters. The summed E-state index contributed by atoms with van der Waals surface area (Å²) in [6.45, 7) is 3.97. The van der Waals surface area contributed by atoms with Gasteiger partial charge in [0.05, 0.1) is 5.02 Å². The molecule has 1 aromatic carbocycles. The monoisotopic (exact) mass is 298 g/mol. The van der Waals surface area contributed by atoms with Crippen molar-refractivity contribution >= 4 is 39.1 Å². The molecule has 0 aliphatic carbocycles. The minimum Gasteiger partial charge on any atom is -0.205 e. The molecule has 0 aliphatic heterocycles. The Morgan fingerprint density at radius 1 is 1.21 bits per heavy atom. The second kappa shape index (κ2) is 4.82. The minimum atomic E-state index is -0.425. The van der Waals surface area contributed by atoms with Crippen molar-refractivity contribution in [1.82, 2.24) is 0 Å². The van der Waals surface area contributed by atoms with E-state index in [0.717, 1.165) is 5.56 Å². The van der Waals surface area contributed by atoms with Crippen molar-refractivity contribution in [2.45, 2.75) is 24.6 Å². The lowest BCUT2D eigenvalue weighted by molar-refractivity contribution is 0.621. The van der Waals surface area contributed by atoms with E-state index in [4.69, 9.17) is 23.2 Å². The fourth-order valence-electron chi connectivity index (χ4n) is 1.13. The number of hydrogen-bond acceptors (Lipinski definition) is 0. The van der Waals surface area contributed by atoms with Crippen LogP contribution in [0, 0.1) is 5.82 Å². The third kappa shape index (κ3) is 2.62. The molecule has 1 rings (SSSR count). The van der Waals surface area contributed by atoms with Gasteiger partial charge in [-0.2, -0.15) is 0 Å². The molecule has 0 aliphatic rings. The Balaban J connectivity index is 3.15. The maximum absolute atomic E-state index is 13.2. The molecule has 0 radical (unpaired) electrons. The Hall–Kier alpha value is 0.210. The molecule has 78 valence electrons.